The number of likely N-dealkylation sites (tertiary alicyclic amines) is 1. The number of nitrogens with one attached hydrogen (secondary N) is 2. The number of amides is 1. The molecule has 0 spiro atoms. The molecule has 0 aliphatic carbocycles. The Morgan fingerprint density at radius 2 is 2.32 bits per heavy atom. The lowest BCUT2D eigenvalue weighted by atomic mass is 10.0. The molecule has 1 amide bonds. The third-order valence-electron chi connectivity index (χ3n) is 3.99. The Kier molecular flexibility index (Phi) is 4.32. The fourth-order valence-corrected chi connectivity index (χ4v) is 2.85. The lowest BCUT2D eigenvalue weighted by Gasteiger charge is -2.16. The Morgan fingerprint density at radius 3 is 3.05 bits per heavy atom. The molecule has 116 valence electrons. The summed E-state index contributed by atoms with van der Waals surface area (Å²) in [6.07, 6.45) is 4.56. The second kappa shape index (κ2) is 6.55. The van der Waals surface area contributed by atoms with Crippen LogP contribution in [0.1, 0.15) is 24.4 Å². The first kappa shape index (κ1) is 14.5. The van der Waals surface area contributed by atoms with Gasteiger partial charge in [0.2, 0.25) is 5.91 Å². The maximum atomic E-state index is 12.2. The van der Waals surface area contributed by atoms with E-state index in [0.717, 1.165) is 31.6 Å². The maximum absolute atomic E-state index is 12.2. The molecule has 1 fully saturated rings. The van der Waals surface area contributed by atoms with Crippen molar-refractivity contribution in [3.8, 4) is 0 Å². The van der Waals surface area contributed by atoms with Gasteiger partial charge in [-0.25, -0.2) is 9.89 Å². The Labute approximate surface area is 127 Å². The van der Waals surface area contributed by atoms with Gasteiger partial charge in [-0.1, -0.05) is 6.07 Å². The lowest BCUT2D eigenvalue weighted by Crippen LogP contribution is -2.29. The number of carbonyl (C=O) groups is 1. The van der Waals surface area contributed by atoms with E-state index in [9.17, 15) is 9.59 Å². The summed E-state index contributed by atoms with van der Waals surface area (Å²) >= 11 is 0. The Hall–Kier alpha value is -2.44. The zero-order valence-corrected chi connectivity index (χ0v) is 12.3. The van der Waals surface area contributed by atoms with Crippen molar-refractivity contribution >= 4 is 5.91 Å². The van der Waals surface area contributed by atoms with Crippen LogP contribution in [0.3, 0.4) is 0 Å². The largest absolute Gasteiger partial charge is 0.342 e. The van der Waals surface area contributed by atoms with Gasteiger partial charge < -0.3 is 4.90 Å². The molecule has 7 nitrogen and oxygen atoms in total. The van der Waals surface area contributed by atoms with Gasteiger partial charge in [0, 0.05) is 37.8 Å². The van der Waals surface area contributed by atoms with Crippen LogP contribution in [0, 0.1) is 5.92 Å². The number of aryl methyl sites for hydroxylation is 1. The molecule has 0 aromatic carbocycles. The average molecular weight is 301 g/mol. The van der Waals surface area contributed by atoms with Gasteiger partial charge in [-0.15, -0.1) is 0 Å². The van der Waals surface area contributed by atoms with E-state index in [2.05, 4.69) is 20.2 Å². The fraction of sp³-hybridized carbons (Fsp3) is 0.467. The second-order valence-electron chi connectivity index (χ2n) is 5.64. The highest BCUT2D eigenvalue weighted by atomic mass is 16.2. The van der Waals surface area contributed by atoms with Gasteiger partial charge in [0.05, 0.1) is 0 Å². The third-order valence-corrected chi connectivity index (χ3v) is 3.99. The molecule has 2 aromatic heterocycles. The van der Waals surface area contributed by atoms with E-state index in [1.54, 1.807) is 6.20 Å². The number of aromatic amines is 2. The summed E-state index contributed by atoms with van der Waals surface area (Å²) < 4.78 is 0. The quantitative estimate of drug-likeness (QED) is 0.841. The number of H-pyrrole nitrogens is 2. The van der Waals surface area contributed by atoms with Crippen molar-refractivity contribution in [2.45, 2.75) is 25.7 Å². The predicted octanol–water partition coefficient (Wildman–Crippen LogP) is 0.517. The molecular weight excluding hydrogens is 282 g/mol. The summed E-state index contributed by atoms with van der Waals surface area (Å²) in [5.41, 5.74) is 0.745. The van der Waals surface area contributed by atoms with Gasteiger partial charge >= 0.3 is 5.69 Å². The number of carbonyl (C=O) groups excluding carboxylic acids is 1. The van der Waals surface area contributed by atoms with Crippen molar-refractivity contribution in [1.82, 2.24) is 25.1 Å². The summed E-state index contributed by atoms with van der Waals surface area (Å²) in [4.78, 5) is 31.9. The van der Waals surface area contributed by atoms with Crippen molar-refractivity contribution < 1.29 is 4.79 Å². The van der Waals surface area contributed by atoms with Crippen LogP contribution < -0.4 is 5.69 Å². The molecule has 1 atom stereocenters. The van der Waals surface area contributed by atoms with Gasteiger partial charge in [0.25, 0.3) is 0 Å². The smallest absolute Gasteiger partial charge is 0.340 e. The highest BCUT2D eigenvalue weighted by molar-refractivity contribution is 5.76. The zero-order chi connectivity index (χ0) is 15.4. The van der Waals surface area contributed by atoms with E-state index in [0.29, 0.717) is 24.6 Å². The molecule has 1 saturated heterocycles. The van der Waals surface area contributed by atoms with E-state index < -0.39 is 0 Å². The van der Waals surface area contributed by atoms with E-state index in [1.807, 2.05) is 23.1 Å². The van der Waals surface area contributed by atoms with Gasteiger partial charge in [-0.3, -0.25) is 14.8 Å². The number of hydrogen-bond acceptors (Lipinski definition) is 4. The number of aromatic nitrogens is 4. The highest BCUT2D eigenvalue weighted by Gasteiger charge is 2.26. The molecule has 3 rings (SSSR count). The van der Waals surface area contributed by atoms with Crippen LogP contribution in [-0.4, -0.2) is 44.1 Å². The number of rotatable bonds is 5. The minimum absolute atomic E-state index is 0.118. The van der Waals surface area contributed by atoms with Crippen molar-refractivity contribution in [3.05, 3.63) is 46.4 Å². The molecule has 2 aromatic rings. The molecule has 3 heterocycles. The Balaban J connectivity index is 1.47. The maximum Gasteiger partial charge on any atom is 0.340 e. The van der Waals surface area contributed by atoms with Crippen LogP contribution >= 0.6 is 0 Å². The normalized spacial score (nSPS) is 17.8. The number of hydrogen-bond donors (Lipinski definition) is 2. The Bertz CT molecular complexity index is 678. The SMILES string of the molecule is O=C(CCc1n[nH]c(=O)[nH]1)N1CCC(Cc2ccccn2)C1. The van der Waals surface area contributed by atoms with Crippen LogP contribution in [0.25, 0.3) is 0 Å². The lowest BCUT2D eigenvalue weighted by molar-refractivity contribution is -0.130. The molecular formula is C15H19N5O2. The predicted molar refractivity (Wildman–Crippen MR) is 80.2 cm³/mol. The molecule has 22 heavy (non-hydrogen) atoms. The molecule has 0 radical (unpaired) electrons. The first-order valence-electron chi connectivity index (χ1n) is 7.52. The van der Waals surface area contributed by atoms with Crippen molar-refractivity contribution in [2.24, 2.45) is 5.92 Å². The van der Waals surface area contributed by atoms with E-state index >= 15 is 0 Å². The molecule has 2 N–H and O–H groups in total. The third kappa shape index (κ3) is 3.60. The van der Waals surface area contributed by atoms with Crippen molar-refractivity contribution in [3.63, 3.8) is 0 Å². The van der Waals surface area contributed by atoms with Crippen LogP contribution in [0.5, 0.6) is 0 Å². The summed E-state index contributed by atoms with van der Waals surface area (Å²) in [6.45, 7) is 1.58. The van der Waals surface area contributed by atoms with Crippen LogP contribution in [-0.2, 0) is 17.6 Å². The van der Waals surface area contributed by atoms with Gasteiger partial charge in [0.1, 0.15) is 5.82 Å². The summed E-state index contributed by atoms with van der Waals surface area (Å²) in [6, 6.07) is 5.93. The van der Waals surface area contributed by atoms with E-state index in [4.69, 9.17) is 0 Å². The average Bonchev–Trinajstić information content (AvgIpc) is 3.15. The standard InChI is InChI=1S/C15H19N5O2/c21-14(5-4-13-17-15(22)19-18-13)20-8-6-11(10-20)9-12-3-1-2-7-16-12/h1-3,7,11H,4-6,8-10H2,(H2,17,18,19,22). The van der Waals surface area contributed by atoms with Crippen LogP contribution in [0.4, 0.5) is 0 Å². The number of nitrogens with zero attached hydrogens (tertiary/aromatic N) is 3. The summed E-state index contributed by atoms with van der Waals surface area (Å²) in [5, 5.41) is 6.12. The topological polar surface area (TPSA) is 94.7 Å². The van der Waals surface area contributed by atoms with E-state index in [-0.39, 0.29) is 11.6 Å². The molecule has 1 unspecified atom stereocenters. The van der Waals surface area contributed by atoms with Crippen molar-refractivity contribution in [2.75, 3.05) is 13.1 Å². The highest BCUT2D eigenvalue weighted by Crippen LogP contribution is 2.20. The first-order chi connectivity index (χ1) is 10.7. The van der Waals surface area contributed by atoms with Crippen LogP contribution in [0.15, 0.2) is 29.2 Å². The molecule has 0 bridgehead atoms. The number of pyridine rings is 1. The van der Waals surface area contributed by atoms with Crippen LogP contribution in [0.2, 0.25) is 0 Å². The monoisotopic (exact) mass is 301 g/mol. The molecule has 1 aliphatic heterocycles. The fourth-order valence-electron chi connectivity index (χ4n) is 2.85. The Morgan fingerprint density at radius 1 is 1.41 bits per heavy atom. The van der Waals surface area contributed by atoms with Gasteiger partial charge in [0.15, 0.2) is 0 Å². The summed E-state index contributed by atoms with van der Waals surface area (Å²) in [7, 11) is 0. The first-order valence-corrected chi connectivity index (χ1v) is 7.52. The molecule has 0 saturated carbocycles. The zero-order valence-electron chi connectivity index (χ0n) is 12.3. The van der Waals surface area contributed by atoms with Gasteiger partial charge in [-0.05, 0) is 30.9 Å². The van der Waals surface area contributed by atoms with Crippen molar-refractivity contribution in [1.29, 1.82) is 0 Å². The van der Waals surface area contributed by atoms with E-state index in [1.165, 1.54) is 0 Å². The second-order valence-corrected chi connectivity index (χ2v) is 5.64. The minimum atomic E-state index is -0.334. The molecule has 7 heteroatoms. The minimum Gasteiger partial charge on any atom is -0.342 e. The molecule has 1 aliphatic rings. The summed E-state index contributed by atoms with van der Waals surface area (Å²) in [5.74, 6) is 1.12. The van der Waals surface area contributed by atoms with Gasteiger partial charge in [-0.2, -0.15) is 5.10 Å².